The Labute approximate surface area is 168 Å². The molecule has 146 valence electrons. The van der Waals surface area contributed by atoms with Gasteiger partial charge in [0.05, 0.1) is 0 Å². The topological polar surface area (TPSA) is 71.4 Å². The summed E-state index contributed by atoms with van der Waals surface area (Å²) in [6.07, 6.45) is 5.13. The van der Waals surface area contributed by atoms with Crippen LogP contribution in [0.2, 0.25) is 0 Å². The molecule has 1 saturated heterocycles. The number of nitrogens with zero attached hydrogens (tertiary/aromatic N) is 2. The van der Waals surface area contributed by atoms with E-state index in [-0.39, 0.29) is 11.9 Å². The standard InChI is InChI=1S/C20H21N3O3S2/c24-20(16-5-7-18(8-6-16)22-11-1-2-12-22)23-13-9-17(10-14-23)21-28(25,26)19-4-3-15-27-19/h1-8,11-12,15,17,21H,9-10,13-14H2. The second-order valence-electron chi connectivity index (χ2n) is 6.76. The summed E-state index contributed by atoms with van der Waals surface area (Å²) in [4.78, 5) is 14.6. The van der Waals surface area contributed by atoms with Crippen molar-refractivity contribution in [3.05, 3.63) is 71.9 Å². The van der Waals surface area contributed by atoms with Gasteiger partial charge in [-0.25, -0.2) is 13.1 Å². The number of carbonyl (C=O) groups is 1. The molecule has 1 aromatic carbocycles. The summed E-state index contributed by atoms with van der Waals surface area (Å²) < 4.78 is 29.8. The Morgan fingerprint density at radius 2 is 1.68 bits per heavy atom. The minimum atomic E-state index is -3.47. The van der Waals surface area contributed by atoms with Crippen LogP contribution < -0.4 is 4.72 Å². The molecule has 0 spiro atoms. The third-order valence-electron chi connectivity index (χ3n) is 4.88. The highest BCUT2D eigenvalue weighted by Gasteiger charge is 2.27. The third-order valence-corrected chi connectivity index (χ3v) is 7.80. The summed E-state index contributed by atoms with van der Waals surface area (Å²) in [6.45, 7) is 1.08. The number of piperidine rings is 1. The first-order valence-electron chi connectivity index (χ1n) is 9.11. The van der Waals surface area contributed by atoms with Gasteiger partial charge in [-0.05, 0) is 60.7 Å². The summed E-state index contributed by atoms with van der Waals surface area (Å²) in [7, 11) is -3.47. The summed E-state index contributed by atoms with van der Waals surface area (Å²) in [5.74, 6) is -0.0152. The van der Waals surface area contributed by atoms with Crippen LogP contribution in [0.5, 0.6) is 0 Å². The van der Waals surface area contributed by atoms with Gasteiger partial charge in [-0.3, -0.25) is 4.79 Å². The van der Waals surface area contributed by atoms with Crippen molar-refractivity contribution < 1.29 is 13.2 Å². The van der Waals surface area contributed by atoms with Gasteiger partial charge in [-0.1, -0.05) is 6.07 Å². The molecule has 3 aromatic rings. The van der Waals surface area contributed by atoms with Crippen LogP contribution in [0.15, 0.2) is 70.5 Å². The van der Waals surface area contributed by atoms with Crippen LogP contribution in [0, 0.1) is 0 Å². The molecule has 1 aliphatic rings. The molecule has 2 aromatic heterocycles. The lowest BCUT2D eigenvalue weighted by atomic mass is 10.0. The number of likely N-dealkylation sites (tertiary alicyclic amines) is 1. The third kappa shape index (κ3) is 4.04. The van der Waals surface area contributed by atoms with E-state index >= 15 is 0 Å². The predicted molar refractivity (Wildman–Crippen MR) is 109 cm³/mol. The summed E-state index contributed by atoms with van der Waals surface area (Å²) in [5.41, 5.74) is 1.65. The van der Waals surface area contributed by atoms with Gasteiger partial charge >= 0.3 is 0 Å². The maximum Gasteiger partial charge on any atom is 0.253 e. The number of amides is 1. The number of hydrogen-bond acceptors (Lipinski definition) is 4. The van der Waals surface area contributed by atoms with Crippen molar-refractivity contribution in [1.82, 2.24) is 14.2 Å². The molecule has 8 heteroatoms. The van der Waals surface area contributed by atoms with E-state index in [9.17, 15) is 13.2 Å². The van der Waals surface area contributed by atoms with E-state index < -0.39 is 10.0 Å². The molecule has 0 bridgehead atoms. The van der Waals surface area contributed by atoms with Gasteiger partial charge in [0.15, 0.2) is 0 Å². The zero-order chi connectivity index (χ0) is 19.6. The number of nitrogens with one attached hydrogen (secondary N) is 1. The number of sulfonamides is 1. The van der Waals surface area contributed by atoms with Crippen molar-refractivity contribution >= 4 is 27.3 Å². The molecule has 0 radical (unpaired) electrons. The Kier molecular flexibility index (Phi) is 5.34. The van der Waals surface area contributed by atoms with Gasteiger partial charge in [0.1, 0.15) is 4.21 Å². The first-order chi connectivity index (χ1) is 13.5. The molecular formula is C20H21N3O3S2. The van der Waals surface area contributed by atoms with Crippen molar-refractivity contribution in [2.24, 2.45) is 0 Å². The van der Waals surface area contributed by atoms with Crippen LogP contribution >= 0.6 is 11.3 Å². The molecule has 6 nitrogen and oxygen atoms in total. The lowest BCUT2D eigenvalue weighted by molar-refractivity contribution is 0.0711. The summed E-state index contributed by atoms with van der Waals surface area (Å²) >= 11 is 1.20. The molecule has 0 unspecified atom stereocenters. The monoisotopic (exact) mass is 415 g/mol. The van der Waals surface area contributed by atoms with E-state index in [0.29, 0.717) is 35.7 Å². The maximum atomic E-state index is 12.8. The van der Waals surface area contributed by atoms with Gasteiger partial charge in [0, 0.05) is 42.8 Å². The molecule has 1 aliphatic heterocycles. The Balaban J connectivity index is 1.35. The van der Waals surface area contributed by atoms with Gasteiger partial charge in [0.2, 0.25) is 10.0 Å². The average molecular weight is 416 g/mol. The predicted octanol–water partition coefficient (Wildman–Crippen LogP) is 3.12. The van der Waals surface area contributed by atoms with Gasteiger partial charge in [-0.15, -0.1) is 11.3 Å². The van der Waals surface area contributed by atoms with E-state index in [0.717, 1.165) is 5.69 Å². The lowest BCUT2D eigenvalue weighted by Crippen LogP contribution is -2.46. The number of rotatable bonds is 5. The van der Waals surface area contributed by atoms with Crippen LogP contribution in [0.25, 0.3) is 5.69 Å². The van der Waals surface area contributed by atoms with Crippen LogP contribution in [0.1, 0.15) is 23.2 Å². The van der Waals surface area contributed by atoms with Gasteiger partial charge < -0.3 is 9.47 Å². The molecular weight excluding hydrogens is 394 g/mol. The van der Waals surface area contributed by atoms with Crippen molar-refractivity contribution in [1.29, 1.82) is 0 Å². The maximum absolute atomic E-state index is 12.8. The number of hydrogen-bond donors (Lipinski definition) is 1. The summed E-state index contributed by atoms with van der Waals surface area (Å²) in [5, 5.41) is 1.75. The Morgan fingerprint density at radius 1 is 1.00 bits per heavy atom. The Morgan fingerprint density at radius 3 is 2.29 bits per heavy atom. The fourth-order valence-corrected chi connectivity index (χ4v) is 5.67. The van der Waals surface area contributed by atoms with Crippen LogP contribution in [-0.2, 0) is 10.0 Å². The van der Waals surface area contributed by atoms with E-state index in [4.69, 9.17) is 0 Å². The zero-order valence-corrected chi connectivity index (χ0v) is 16.8. The largest absolute Gasteiger partial charge is 0.339 e. The van der Waals surface area contributed by atoms with Crippen LogP contribution in [0.4, 0.5) is 0 Å². The molecule has 0 saturated carbocycles. The van der Waals surface area contributed by atoms with E-state index in [1.165, 1.54) is 11.3 Å². The molecule has 1 fully saturated rings. The number of thiophene rings is 1. The van der Waals surface area contributed by atoms with Crippen molar-refractivity contribution in [3.63, 3.8) is 0 Å². The van der Waals surface area contributed by atoms with E-state index in [1.54, 1.807) is 22.4 Å². The molecule has 3 heterocycles. The van der Waals surface area contributed by atoms with E-state index in [1.807, 2.05) is 53.4 Å². The highest BCUT2D eigenvalue weighted by atomic mass is 32.2. The molecule has 28 heavy (non-hydrogen) atoms. The Hall–Kier alpha value is -2.42. The molecule has 0 atom stereocenters. The van der Waals surface area contributed by atoms with Crippen molar-refractivity contribution in [3.8, 4) is 5.69 Å². The zero-order valence-electron chi connectivity index (χ0n) is 15.2. The second-order valence-corrected chi connectivity index (χ2v) is 9.65. The molecule has 0 aliphatic carbocycles. The normalized spacial score (nSPS) is 15.6. The number of benzene rings is 1. The van der Waals surface area contributed by atoms with Gasteiger partial charge in [-0.2, -0.15) is 0 Å². The van der Waals surface area contributed by atoms with Gasteiger partial charge in [0.25, 0.3) is 5.91 Å². The average Bonchev–Trinajstić information content (AvgIpc) is 3.42. The lowest BCUT2D eigenvalue weighted by Gasteiger charge is -2.32. The van der Waals surface area contributed by atoms with Crippen LogP contribution in [0.3, 0.4) is 0 Å². The number of aromatic nitrogens is 1. The fourth-order valence-electron chi connectivity index (χ4n) is 3.36. The molecule has 1 amide bonds. The van der Waals surface area contributed by atoms with Crippen LogP contribution in [-0.4, -0.2) is 42.9 Å². The highest BCUT2D eigenvalue weighted by Crippen LogP contribution is 2.20. The first kappa shape index (κ1) is 18.9. The fraction of sp³-hybridized carbons (Fsp3) is 0.250. The molecule has 1 N–H and O–H groups in total. The minimum Gasteiger partial charge on any atom is -0.339 e. The Bertz CT molecular complexity index is 1020. The molecule has 4 rings (SSSR count). The SMILES string of the molecule is O=C(c1ccc(-n2cccc2)cc1)N1CCC(NS(=O)(=O)c2cccs2)CC1. The quantitative estimate of drug-likeness (QED) is 0.696. The highest BCUT2D eigenvalue weighted by molar-refractivity contribution is 7.91. The van der Waals surface area contributed by atoms with Crippen molar-refractivity contribution in [2.45, 2.75) is 23.1 Å². The van der Waals surface area contributed by atoms with E-state index in [2.05, 4.69) is 4.72 Å². The van der Waals surface area contributed by atoms with Crippen molar-refractivity contribution in [2.75, 3.05) is 13.1 Å². The second kappa shape index (κ2) is 7.90. The summed E-state index contributed by atoms with van der Waals surface area (Å²) in [6, 6.07) is 14.6. The number of carbonyl (C=O) groups excluding carboxylic acids is 1. The first-order valence-corrected chi connectivity index (χ1v) is 11.5. The minimum absolute atomic E-state index is 0.0152. The smallest absolute Gasteiger partial charge is 0.253 e.